The second-order valence-electron chi connectivity index (χ2n) is 10.4. The molecule has 0 spiro atoms. The fourth-order valence-electron chi connectivity index (χ4n) is 4.93. The quantitative estimate of drug-likeness (QED) is 0.258. The fraction of sp³-hybridized carbons (Fsp3) is 0.394. The van der Waals surface area contributed by atoms with E-state index in [1.54, 1.807) is 11.8 Å². The van der Waals surface area contributed by atoms with Crippen LogP contribution in [0.4, 0.5) is 10.5 Å². The Kier molecular flexibility index (Phi) is 10.9. The molecule has 0 bridgehead atoms. The van der Waals surface area contributed by atoms with Gasteiger partial charge in [-0.25, -0.2) is 4.79 Å². The number of carbonyl (C=O) groups is 2. The summed E-state index contributed by atoms with van der Waals surface area (Å²) < 4.78 is 0. The Bertz CT molecular complexity index is 1190. The summed E-state index contributed by atoms with van der Waals surface area (Å²) in [4.78, 5) is 30.0. The predicted molar refractivity (Wildman–Crippen MR) is 161 cm³/mol. The van der Waals surface area contributed by atoms with Crippen LogP contribution in [-0.2, 0) is 11.3 Å². The molecular formula is C33H41N3O2S. The van der Waals surface area contributed by atoms with Gasteiger partial charge < -0.3 is 10.6 Å². The molecule has 1 atom stereocenters. The number of anilines is 1. The molecule has 1 aliphatic carbocycles. The van der Waals surface area contributed by atoms with Crippen LogP contribution in [0.2, 0.25) is 0 Å². The maximum absolute atomic E-state index is 13.2. The predicted octanol–water partition coefficient (Wildman–Crippen LogP) is 7.91. The second-order valence-corrected chi connectivity index (χ2v) is 11.5. The number of nitrogens with one attached hydrogen (secondary N) is 2. The van der Waals surface area contributed by atoms with Gasteiger partial charge >= 0.3 is 6.03 Å². The molecule has 39 heavy (non-hydrogen) atoms. The molecule has 1 saturated carbocycles. The van der Waals surface area contributed by atoms with Crippen LogP contribution in [0.3, 0.4) is 0 Å². The number of benzene rings is 3. The zero-order valence-corrected chi connectivity index (χ0v) is 24.0. The summed E-state index contributed by atoms with van der Waals surface area (Å²) in [5.41, 5.74) is 3.01. The van der Waals surface area contributed by atoms with Crippen molar-refractivity contribution < 1.29 is 9.59 Å². The molecule has 1 aliphatic rings. The largest absolute Gasteiger partial charge is 0.352 e. The number of urea groups is 1. The zero-order valence-electron chi connectivity index (χ0n) is 23.2. The average Bonchev–Trinajstić information content (AvgIpc) is 2.97. The number of unbranched alkanes of at least 4 members (excludes halogenated alkanes) is 1. The number of carbonyl (C=O) groups excluding carboxylic acids is 2. The molecule has 6 heteroatoms. The van der Waals surface area contributed by atoms with Gasteiger partial charge in [0.2, 0.25) is 5.91 Å². The Balaban J connectivity index is 1.37. The van der Waals surface area contributed by atoms with Gasteiger partial charge in [0, 0.05) is 34.6 Å². The summed E-state index contributed by atoms with van der Waals surface area (Å²) in [6.45, 7) is 5.34. The van der Waals surface area contributed by atoms with Gasteiger partial charge in [0.25, 0.3) is 0 Å². The van der Waals surface area contributed by atoms with E-state index in [-0.39, 0.29) is 17.9 Å². The SMILES string of the molecule is CCCCN(C(=O)NC1CCCCC1)c1ccc(Sc2cccc(C(C)C(=O)NCc3ccccc3)c2)cc1. The van der Waals surface area contributed by atoms with E-state index in [0.717, 1.165) is 52.3 Å². The third kappa shape index (κ3) is 8.62. The van der Waals surface area contributed by atoms with Gasteiger partial charge in [-0.05, 0) is 73.7 Å². The first-order chi connectivity index (χ1) is 19.0. The van der Waals surface area contributed by atoms with Crippen LogP contribution in [0, 0.1) is 0 Å². The second kappa shape index (κ2) is 14.8. The molecule has 2 N–H and O–H groups in total. The lowest BCUT2D eigenvalue weighted by Gasteiger charge is -2.28. The van der Waals surface area contributed by atoms with Crippen LogP contribution in [-0.4, -0.2) is 24.5 Å². The fourth-order valence-corrected chi connectivity index (χ4v) is 5.82. The lowest BCUT2D eigenvalue weighted by atomic mass is 9.96. The molecule has 0 radical (unpaired) electrons. The van der Waals surface area contributed by atoms with E-state index >= 15 is 0 Å². The number of nitrogens with zero attached hydrogens (tertiary/aromatic N) is 1. The minimum Gasteiger partial charge on any atom is -0.352 e. The van der Waals surface area contributed by atoms with Crippen LogP contribution in [0.5, 0.6) is 0 Å². The van der Waals surface area contributed by atoms with Crippen molar-refractivity contribution in [3.05, 3.63) is 90.0 Å². The van der Waals surface area contributed by atoms with Crippen molar-refractivity contribution >= 4 is 29.4 Å². The van der Waals surface area contributed by atoms with E-state index in [1.807, 2.05) is 66.4 Å². The summed E-state index contributed by atoms with van der Waals surface area (Å²) >= 11 is 1.67. The molecule has 206 valence electrons. The third-order valence-electron chi connectivity index (χ3n) is 7.36. The first kappa shape index (κ1) is 28.8. The average molecular weight is 544 g/mol. The van der Waals surface area contributed by atoms with E-state index in [9.17, 15) is 9.59 Å². The molecule has 3 aromatic carbocycles. The highest BCUT2D eigenvalue weighted by atomic mass is 32.2. The topological polar surface area (TPSA) is 61.4 Å². The number of amides is 3. The van der Waals surface area contributed by atoms with E-state index in [0.29, 0.717) is 19.1 Å². The lowest BCUT2D eigenvalue weighted by molar-refractivity contribution is -0.122. The molecule has 1 fully saturated rings. The number of hydrogen-bond acceptors (Lipinski definition) is 3. The van der Waals surface area contributed by atoms with Crippen molar-refractivity contribution in [2.45, 2.75) is 87.1 Å². The molecule has 3 aromatic rings. The van der Waals surface area contributed by atoms with Gasteiger partial charge in [-0.3, -0.25) is 9.69 Å². The van der Waals surface area contributed by atoms with Gasteiger partial charge in [0.05, 0.1) is 5.92 Å². The number of hydrogen-bond donors (Lipinski definition) is 2. The summed E-state index contributed by atoms with van der Waals surface area (Å²) in [6, 6.07) is 26.7. The van der Waals surface area contributed by atoms with Gasteiger partial charge in [-0.2, -0.15) is 0 Å². The van der Waals surface area contributed by atoms with E-state index in [2.05, 4.69) is 41.8 Å². The molecule has 3 amide bonds. The Morgan fingerprint density at radius 1 is 0.923 bits per heavy atom. The zero-order chi connectivity index (χ0) is 27.5. The van der Waals surface area contributed by atoms with E-state index < -0.39 is 0 Å². The smallest absolute Gasteiger partial charge is 0.322 e. The maximum atomic E-state index is 13.2. The maximum Gasteiger partial charge on any atom is 0.322 e. The monoisotopic (exact) mass is 543 g/mol. The van der Waals surface area contributed by atoms with E-state index in [1.165, 1.54) is 19.3 Å². The van der Waals surface area contributed by atoms with Crippen molar-refractivity contribution in [1.29, 1.82) is 0 Å². The summed E-state index contributed by atoms with van der Waals surface area (Å²) in [7, 11) is 0. The molecule has 0 aliphatic heterocycles. The standard InChI is InChI=1S/C33H41N3O2S/c1-3-4-22-36(33(38)35-28-15-9-6-10-16-28)29-18-20-30(21-19-29)39-31-17-11-14-27(23-31)25(2)32(37)34-24-26-12-7-5-8-13-26/h5,7-8,11-14,17-21,23,25,28H,3-4,6,9-10,15-16,22,24H2,1-2H3,(H,34,37)(H,35,38). The van der Waals surface area contributed by atoms with Gasteiger partial charge in [0.15, 0.2) is 0 Å². The van der Waals surface area contributed by atoms with Crippen molar-refractivity contribution in [3.8, 4) is 0 Å². The van der Waals surface area contributed by atoms with Crippen LogP contribution >= 0.6 is 11.8 Å². The van der Waals surface area contributed by atoms with Crippen molar-refractivity contribution in [1.82, 2.24) is 10.6 Å². The normalized spacial score (nSPS) is 14.4. The molecule has 4 rings (SSSR count). The molecule has 0 aromatic heterocycles. The van der Waals surface area contributed by atoms with Crippen molar-refractivity contribution in [3.63, 3.8) is 0 Å². The summed E-state index contributed by atoms with van der Waals surface area (Å²) in [5.74, 6) is -0.226. The van der Waals surface area contributed by atoms with E-state index in [4.69, 9.17) is 0 Å². The van der Waals surface area contributed by atoms with Crippen LogP contribution in [0.15, 0.2) is 88.7 Å². The molecule has 0 heterocycles. The first-order valence-corrected chi connectivity index (χ1v) is 15.1. The minimum absolute atomic E-state index is 0.0167. The van der Waals surface area contributed by atoms with Crippen LogP contribution < -0.4 is 15.5 Å². The Hall–Kier alpha value is -3.25. The minimum atomic E-state index is -0.244. The van der Waals surface area contributed by atoms with Gasteiger partial charge in [-0.15, -0.1) is 0 Å². The van der Waals surface area contributed by atoms with Crippen molar-refractivity contribution in [2.24, 2.45) is 0 Å². The Labute approximate surface area is 237 Å². The highest BCUT2D eigenvalue weighted by Gasteiger charge is 2.21. The highest BCUT2D eigenvalue weighted by molar-refractivity contribution is 7.99. The summed E-state index contributed by atoms with van der Waals surface area (Å²) in [6.07, 6.45) is 7.84. The number of rotatable bonds is 11. The Morgan fingerprint density at radius 3 is 2.38 bits per heavy atom. The van der Waals surface area contributed by atoms with Crippen LogP contribution in [0.25, 0.3) is 0 Å². The highest BCUT2D eigenvalue weighted by Crippen LogP contribution is 2.31. The molecule has 0 saturated heterocycles. The summed E-state index contributed by atoms with van der Waals surface area (Å²) in [5, 5.41) is 6.32. The first-order valence-electron chi connectivity index (χ1n) is 14.3. The van der Waals surface area contributed by atoms with Crippen molar-refractivity contribution in [2.75, 3.05) is 11.4 Å². The van der Waals surface area contributed by atoms with Gasteiger partial charge in [-0.1, -0.05) is 86.8 Å². The molecule has 5 nitrogen and oxygen atoms in total. The molecule has 1 unspecified atom stereocenters. The third-order valence-corrected chi connectivity index (χ3v) is 8.36. The van der Waals surface area contributed by atoms with Crippen LogP contribution in [0.1, 0.15) is 75.8 Å². The molecular weight excluding hydrogens is 502 g/mol. The lowest BCUT2D eigenvalue weighted by Crippen LogP contribution is -2.46. The van der Waals surface area contributed by atoms with Gasteiger partial charge in [0.1, 0.15) is 0 Å². The Morgan fingerprint density at radius 2 is 1.67 bits per heavy atom.